The van der Waals surface area contributed by atoms with Crippen LogP contribution in [0.25, 0.3) is 0 Å². The summed E-state index contributed by atoms with van der Waals surface area (Å²) in [7, 11) is 0. The van der Waals surface area contributed by atoms with E-state index in [0.29, 0.717) is 11.3 Å². The van der Waals surface area contributed by atoms with Crippen LogP contribution in [-0.2, 0) is 0 Å². The number of phenols is 1. The van der Waals surface area contributed by atoms with E-state index >= 15 is 0 Å². The summed E-state index contributed by atoms with van der Waals surface area (Å²) in [5, 5.41) is 11.4. The van der Waals surface area contributed by atoms with Crippen LogP contribution in [0.2, 0.25) is 5.02 Å². The third-order valence-corrected chi connectivity index (χ3v) is 3.00. The summed E-state index contributed by atoms with van der Waals surface area (Å²) in [6, 6.07) is 5.83. The molecule has 1 amide bonds. The lowest BCUT2D eigenvalue weighted by Crippen LogP contribution is -2.14. The Balaban J connectivity index is 2.28. The fourth-order valence-electron chi connectivity index (χ4n) is 1.63. The fourth-order valence-corrected chi connectivity index (χ4v) is 1.78. The molecule has 20 heavy (non-hydrogen) atoms. The summed E-state index contributed by atoms with van der Waals surface area (Å²) >= 11 is 5.41. The number of benzene rings is 2. The SMILES string of the molecule is Cc1cc(NC(=O)c2cc(F)c(Cl)cc2F)ccc1O. The van der Waals surface area contributed by atoms with Gasteiger partial charge in [0.2, 0.25) is 0 Å². The second kappa shape index (κ2) is 5.46. The average molecular weight is 298 g/mol. The molecule has 2 N–H and O–H groups in total. The lowest BCUT2D eigenvalue weighted by molar-refractivity contribution is 0.102. The number of halogens is 3. The topological polar surface area (TPSA) is 49.3 Å². The van der Waals surface area contributed by atoms with Gasteiger partial charge in [0.05, 0.1) is 10.6 Å². The number of aryl methyl sites for hydroxylation is 1. The third kappa shape index (κ3) is 2.88. The zero-order valence-corrected chi connectivity index (χ0v) is 11.1. The number of phenolic OH excluding ortho intramolecular Hbond substituents is 1. The molecule has 0 unspecified atom stereocenters. The predicted octanol–water partition coefficient (Wildman–Crippen LogP) is 3.88. The molecule has 3 nitrogen and oxygen atoms in total. The Morgan fingerprint density at radius 1 is 1.20 bits per heavy atom. The fraction of sp³-hybridized carbons (Fsp3) is 0.0714. The molecule has 0 bridgehead atoms. The summed E-state index contributed by atoms with van der Waals surface area (Å²) in [6.45, 7) is 1.65. The number of aromatic hydroxyl groups is 1. The van der Waals surface area contributed by atoms with Crippen molar-refractivity contribution in [1.29, 1.82) is 0 Å². The maximum atomic E-state index is 13.6. The summed E-state index contributed by atoms with van der Waals surface area (Å²) in [5.41, 5.74) is 0.461. The maximum absolute atomic E-state index is 13.6. The van der Waals surface area contributed by atoms with E-state index in [1.807, 2.05) is 0 Å². The molecule has 0 aromatic heterocycles. The first-order valence-electron chi connectivity index (χ1n) is 5.64. The number of amides is 1. The van der Waals surface area contributed by atoms with Gasteiger partial charge in [-0.2, -0.15) is 0 Å². The van der Waals surface area contributed by atoms with Gasteiger partial charge in [0.25, 0.3) is 5.91 Å². The van der Waals surface area contributed by atoms with Gasteiger partial charge >= 0.3 is 0 Å². The minimum absolute atomic E-state index is 0.0757. The molecule has 0 radical (unpaired) electrons. The Bertz CT molecular complexity index is 689. The molecule has 2 aromatic rings. The summed E-state index contributed by atoms with van der Waals surface area (Å²) < 4.78 is 26.8. The van der Waals surface area contributed by atoms with Gasteiger partial charge in [-0.05, 0) is 42.8 Å². The average Bonchev–Trinajstić information content (AvgIpc) is 2.38. The van der Waals surface area contributed by atoms with Crippen molar-refractivity contribution in [2.45, 2.75) is 6.92 Å². The van der Waals surface area contributed by atoms with Crippen LogP contribution in [0.4, 0.5) is 14.5 Å². The molecule has 0 atom stereocenters. The van der Waals surface area contributed by atoms with Crippen LogP contribution >= 0.6 is 11.6 Å². The molecule has 0 aliphatic rings. The van der Waals surface area contributed by atoms with Gasteiger partial charge < -0.3 is 10.4 Å². The number of anilines is 1. The van der Waals surface area contributed by atoms with E-state index in [9.17, 15) is 18.7 Å². The van der Waals surface area contributed by atoms with E-state index in [0.717, 1.165) is 12.1 Å². The molecule has 0 aliphatic carbocycles. The molecule has 0 aliphatic heterocycles. The van der Waals surface area contributed by atoms with E-state index in [4.69, 9.17) is 11.6 Å². The van der Waals surface area contributed by atoms with Gasteiger partial charge in [-0.3, -0.25) is 4.79 Å². The minimum Gasteiger partial charge on any atom is -0.508 e. The van der Waals surface area contributed by atoms with Crippen LogP contribution in [-0.4, -0.2) is 11.0 Å². The zero-order chi connectivity index (χ0) is 14.9. The van der Waals surface area contributed by atoms with Crippen LogP contribution in [0.1, 0.15) is 15.9 Å². The van der Waals surface area contributed by atoms with Crippen LogP contribution < -0.4 is 5.32 Å². The monoisotopic (exact) mass is 297 g/mol. The minimum atomic E-state index is -0.913. The number of hydrogen-bond donors (Lipinski definition) is 2. The molecule has 104 valence electrons. The van der Waals surface area contributed by atoms with Gasteiger partial charge in [-0.1, -0.05) is 11.6 Å². The number of rotatable bonds is 2. The van der Waals surface area contributed by atoms with Crippen LogP contribution in [0.3, 0.4) is 0 Å². The van der Waals surface area contributed by atoms with Crippen molar-refractivity contribution in [1.82, 2.24) is 0 Å². The Morgan fingerprint density at radius 2 is 1.90 bits per heavy atom. The van der Waals surface area contributed by atoms with Crippen LogP contribution in [0.5, 0.6) is 5.75 Å². The standard InChI is InChI=1S/C14H10ClF2NO2/c1-7-4-8(2-3-13(7)19)18-14(20)9-5-12(17)10(15)6-11(9)16/h2-6,19H,1H3,(H,18,20). The molecule has 0 saturated heterocycles. The molecule has 0 heterocycles. The first-order valence-corrected chi connectivity index (χ1v) is 6.02. The van der Waals surface area contributed by atoms with Gasteiger partial charge in [0.1, 0.15) is 17.4 Å². The Hall–Kier alpha value is -2.14. The van der Waals surface area contributed by atoms with Crippen molar-refractivity contribution in [2.75, 3.05) is 5.32 Å². The van der Waals surface area contributed by atoms with Gasteiger partial charge in [-0.25, -0.2) is 8.78 Å². The highest BCUT2D eigenvalue weighted by atomic mass is 35.5. The smallest absolute Gasteiger partial charge is 0.258 e. The largest absolute Gasteiger partial charge is 0.508 e. The highest BCUT2D eigenvalue weighted by molar-refractivity contribution is 6.30. The molecule has 0 saturated carbocycles. The first-order chi connectivity index (χ1) is 9.38. The van der Waals surface area contributed by atoms with Crippen LogP contribution in [0.15, 0.2) is 30.3 Å². The lowest BCUT2D eigenvalue weighted by atomic mass is 10.1. The number of carbonyl (C=O) groups is 1. The number of carbonyl (C=O) groups excluding carboxylic acids is 1. The molecular formula is C14H10ClF2NO2. The molecule has 0 fully saturated rings. The molecule has 2 rings (SSSR count). The maximum Gasteiger partial charge on any atom is 0.258 e. The van der Waals surface area contributed by atoms with Crippen molar-refractivity contribution in [3.63, 3.8) is 0 Å². The number of hydrogen-bond acceptors (Lipinski definition) is 2. The highest BCUT2D eigenvalue weighted by Gasteiger charge is 2.15. The number of nitrogens with one attached hydrogen (secondary N) is 1. The van der Waals surface area contributed by atoms with Crippen molar-refractivity contribution in [2.24, 2.45) is 0 Å². The summed E-state index contributed by atoms with van der Waals surface area (Å²) in [6.07, 6.45) is 0. The molecular weight excluding hydrogens is 288 g/mol. The Kier molecular flexibility index (Phi) is 3.90. The van der Waals surface area contributed by atoms with Gasteiger partial charge in [0, 0.05) is 5.69 Å². The normalized spacial score (nSPS) is 10.4. The zero-order valence-electron chi connectivity index (χ0n) is 10.4. The van der Waals surface area contributed by atoms with Crippen molar-refractivity contribution in [3.8, 4) is 5.75 Å². The van der Waals surface area contributed by atoms with Crippen molar-refractivity contribution >= 4 is 23.2 Å². The molecule has 6 heteroatoms. The third-order valence-electron chi connectivity index (χ3n) is 2.71. The molecule has 2 aromatic carbocycles. The summed E-state index contributed by atoms with van der Waals surface area (Å²) in [5.74, 6) is -2.51. The Labute approximate surface area is 118 Å². The van der Waals surface area contributed by atoms with E-state index in [1.165, 1.54) is 18.2 Å². The van der Waals surface area contributed by atoms with Crippen molar-refractivity contribution in [3.05, 3.63) is 58.1 Å². The van der Waals surface area contributed by atoms with E-state index in [1.54, 1.807) is 6.92 Å². The highest BCUT2D eigenvalue weighted by Crippen LogP contribution is 2.23. The quantitative estimate of drug-likeness (QED) is 0.653. The van der Waals surface area contributed by atoms with Crippen molar-refractivity contribution < 1.29 is 18.7 Å². The predicted molar refractivity (Wildman–Crippen MR) is 72.2 cm³/mol. The van der Waals surface area contributed by atoms with Crippen LogP contribution in [0, 0.1) is 18.6 Å². The van der Waals surface area contributed by atoms with Gasteiger partial charge in [0.15, 0.2) is 0 Å². The lowest BCUT2D eigenvalue weighted by Gasteiger charge is -2.08. The second-order valence-electron chi connectivity index (χ2n) is 4.20. The Morgan fingerprint density at radius 3 is 2.55 bits per heavy atom. The summed E-state index contributed by atoms with van der Waals surface area (Å²) in [4.78, 5) is 11.9. The van der Waals surface area contributed by atoms with E-state index in [2.05, 4.69) is 5.32 Å². The van der Waals surface area contributed by atoms with Gasteiger partial charge in [-0.15, -0.1) is 0 Å². The first kappa shape index (κ1) is 14.3. The van der Waals surface area contributed by atoms with E-state index < -0.39 is 23.1 Å². The second-order valence-corrected chi connectivity index (χ2v) is 4.61. The molecule has 0 spiro atoms. The van der Waals surface area contributed by atoms with E-state index in [-0.39, 0.29) is 10.8 Å².